The van der Waals surface area contributed by atoms with Crippen LogP contribution >= 0.6 is 0 Å². The monoisotopic (exact) mass is 378 g/mol. The Morgan fingerprint density at radius 1 is 1.18 bits per heavy atom. The van der Waals surface area contributed by atoms with E-state index in [-0.39, 0.29) is 11.7 Å². The highest BCUT2D eigenvalue weighted by atomic mass is 19.1. The van der Waals surface area contributed by atoms with Gasteiger partial charge in [-0.25, -0.2) is 9.07 Å². The molecule has 2 heterocycles. The van der Waals surface area contributed by atoms with E-state index in [1.165, 1.54) is 22.6 Å². The first-order chi connectivity index (χ1) is 13.6. The second-order valence-electron chi connectivity index (χ2n) is 7.15. The maximum atomic E-state index is 14.0. The lowest BCUT2D eigenvalue weighted by Crippen LogP contribution is -2.31. The lowest BCUT2D eigenvalue weighted by Gasteiger charge is -2.18. The fourth-order valence-electron chi connectivity index (χ4n) is 3.70. The van der Waals surface area contributed by atoms with Crippen LogP contribution < -0.4 is 10.2 Å². The summed E-state index contributed by atoms with van der Waals surface area (Å²) < 4.78 is 15.5. The van der Waals surface area contributed by atoms with Crippen LogP contribution in [0.5, 0.6) is 0 Å². The molecule has 0 saturated carbocycles. The van der Waals surface area contributed by atoms with Gasteiger partial charge in [-0.05, 0) is 43.5 Å². The smallest absolute Gasteiger partial charge is 0.254 e. The second kappa shape index (κ2) is 7.84. The van der Waals surface area contributed by atoms with Crippen molar-refractivity contribution in [2.75, 3.05) is 24.5 Å². The third kappa shape index (κ3) is 3.63. The molecule has 2 aromatic carbocycles. The third-order valence-electron chi connectivity index (χ3n) is 5.29. The van der Waals surface area contributed by atoms with Gasteiger partial charge in [0.1, 0.15) is 11.5 Å². The van der Waals surface area contributed by atoms with E-state index in [0.29, 0.717) is 29.4 Å². The van der Waals surface area contributed by atoms with E-state index in [1.54, 1.807) is 25.1 Å². The highest BCUT2D eigenvalue weighted by molar-refractivity contribution is 5.95. The number of benzene rings is 2. The van der Waals surface area contributed by atoms with Crippen LogP contribution in [0.25, 0.3) is 5.69 Å². The average molecular weight is 378 g/mol. The molecule has 5 nitrogen and oxygen atoms in total. The fourth-order valence-corrected chi connectivity index (χ4v) is 3.70. The van der Waals surface area contributed by atoms with Crippen molar-refractivity contribution in [1.29, 1.82) is 0 Å². The Balaban J connectivity index is 1.38. The summed E-state index contributed by atoms with van der Waals surface area (Å²) >= 11 is 0. The summed E-state index contributed by atoms with van der Waals surface area (Å²) in [6.07, 6.45) is 2.55. The zero-order chi connectivity index (χ0) is 19.5. The maximum absolute atomic E-state index is 14.0. The minimum absolute atomic E-state index is 0.168. The molecule has 1 fully saturated rings. The quantitative estimate of drug-likeness (QED) is 0.738. The van der Waals surface area contributed by atoms with Crippen LogP contribution in [0.2, 0.25) is 0 Å². The Morgan fingerprint density at radius 3 is 2.71 bits per heavy atom. The van der Waals surface area contributed by atoms with Crippen molar-refractivity contribution in [3.8, 4) is 5.69 Å². The Kier molecular flexibility index (Phi) is 5.10. The first kappa shape index (κ1) is 18.2. The first-order valence-corrected chi connectivity index (χ1v) is 9.51. The van der Waals surface area contributed by atoms with Gasteiger partial charge in [-0.3, -0.25) is 4.79 Å². The lowest BCUT2D eigenvalue weighted by atomic mass is 10.1. The van der Waals surface area contributed by atoms with Gasteiger partial charge >= 0.3 is 0 Å². The summed E-state index contributed by atoms with van der Waals surface area (Å²) in [5, 5.41) is 7.23. The van der Waals surface area contributed by atoms with Crippen LogP contribution in [0.15, 0.2) is 60.8 Å². The standard InChI is InChI=1S/C22H23FN4O/c1-16-19(14-25-27(16)21-10-6-5-9-20(21)23)22(28)24-13-17-11-12-26(15-17)18-7-3-2-4-8-18/h2-10,14,17H,11-13,15H2,1H3,(H,24,28)/t17-/m0/s1. The van der Waals surface area contributed by atoms with Crippen molar-refractivity contribution in [3.05, 3.63) is 77.9 Å². The summed E-state index contributed by atoms with van der Waals surface area (Å²) in [7, 11) is 0. The van der Waals surface area contributed by atoms with E-state index < -0.39 is 0 Å². The van der Waals surface area contributed by atoms with Crippen LogP contribution in [0, 0.1) is 18.7 Å². The molecule has 4 rings (SSSR count). The molecule has 1 aromatic heterocycles. The zero-order valence-corrected chi connectivity index (χ0v) is 15.8. The molecular weight excluding hydrogens is 355 g/mol. The van der Waals surface area contributed by atoms with Gasteiger partial charge in [-0.1, -0.05) is 30.3 Å². The molecule has 0 spiro atoms. The van der Waals surface area contributed by atoms with E-state index in [0.717, 1.165) is 19.5 Å². The molecule has 0 radical (unpaired) electrons. The predicted molar refractivity (Wildman–Crippen MR) is 107 cm³/mol. The molecule has 6 heteroatoms. The van der Waals surface area contributed by atoms with Gasteiger partial charge in [-0.2, -0.15) is 5.10 Å². The van der Waals surface area contributed by atoms with Crippen molar-refractivity contribution >= 4 is 11.6 Å². The van der Waals surface area contributed by atoms with Gasteiger partial charge in [0.15, 0.2) is 0 Å². The highest BCUT2D eigenvalue weighted by Crippen LogP contribution is 2.23. The van der Waals surface area contributed by atoms with Gasteiger partial charge in [0.05, 0.1) is 17.5 Å². The SMILES string of the molecule is Cc1c(C(=O)NC[C@@H]2CCN(c3ccccc3)C2)cnn1-c1ccccc1F. The minimum atomic E-state index is -0.368. The molecule has 1 aliphatic rings. The Hall–Kier alpha value is -3.15. The summed E-state index contributed by atoms with van der Waals surface area (Å²) in [5.41, 5.74) is 2.66. The predicted octanol–water partition coefficient (Wildman–Crippen LogP) is 3.58. The minimum Gasteiger partial charge on any atom is -0.371 e. The molecule has 3 aromatic rings. The first-order valence-electron chi connectivity index (χ1n) is 9.51. The average Bonchev–Trinajstić information content (AvgIpc) is 3.34. The summed E-state index contributed by atoms with van der Waals surface area (Å²) in [6, 6.07) is 16.7. The molecule has 0 aliphatic carbocycles. The van der Waals surface area contributed by atoms with Crippen LogP contribution in [0.1, 0.15) is 22.5 Å². The normalized spacial score (nSPS) is 16.4. The summed E-state index contributed by atoms with van der Waals surface area (Å²) in [4.78, 5) is 15.0. The van der Waals surface area contributed by atoms with Gasteiger partial charge in [0.25, 0.3) is 5.91 Å². The Labute approximate surface area is 163 Å². The lowest BCUT2D eigenvalue weighted by molar-refractivity contribution is 0.0947. The van der Waals surface area contributed by atoms with E-state index in [2.05, 4.69) is 27.4 Å². The number of halogens is 1. The molecule has 0 unspecified atom stereocenters. The van der Waals surface area contributed by atoms with Gasteiger partial charge < -0.3 is 10.2 Å². The number of amides is 1. The van der Waals surface area contributed by atoms with Gasteiger partial charge in [0, 0.05) is 25.3 Å². The van der Waals surface area contributed by atoms with Crippen molar-refractivity contribution in [2.24, 2.45) is 5.92 Å². The van der Waals surface area contributed by atoms with Crippen LogP contribution in [0.3, 0.4) is 0 Å². The van der Waals surface area contributed by atoms with Crippen molar-refractivity contribution in [2.45, 2.75) is 13.3 Å². The van der Waals surface area contributed by atoms with Crippen molar-refractivity contribution in [1.82, 2.24) is 15.1 Å². The number of nitrogens with one attached hydrogen (secondary N) is 1. The van der Waals surface area contributed by atoms with E-state index in [1.807, 2.05) is 18.2 Å². The number of hydrogen-bond donors (Lipinski definition) is 1. The molecule has 1 saturated heterocycles. The van der Waals surface area contributed by atoms with Crippen molar-refractivity contribution in [3.63, 3.8) is 0 Å². The summed E-state index contributed by atoms with van der Waals surface area (Å²) in [6.45, 7) is 4.32. The highest BCUT2D eigenvalue weighted by Gasteiger charge is 2.24. The van der Waals surface area contributed by atoms with Gasteiger partial charge in [0.2, 0.25) is 0 Å². The largest absolute Gasteiger partial charge is 0.371 e. The molecule has 1 atom stereocenters. The maximum Gasteiger partial charge on any atom is 0.254 e. The second-order valence-corrected chi connectivity index (χ2v) is 7.15. The fraction of sp³-hybridized carbons (Fsp3) is 0.273. The number of carbonyl (C=O) groups excluding carboxylic acids is 1. The summed E-state index contributed by atoms with van der Waals surface area (Å²) in [5.74, 6) is -0.128. The van der Waals surface area contributed by atoms with Crippen LogP contribution in [-0.2, 0) is 0 Å². The van der Waals surface area contributed by atoms with E-state index in [9.17, 15) is 9.18 Å². The van der Waals surface area contributed by atoms with E-state index in [4.69, 9.17) is 0 Å². The van der Waals surface area contributed by atoms with Crippen molar-refractivity contribution < 1.29 is 9.18 Å². The van der Waals surface area contributed by atoms with Crippen LogP contribution in [0.4, 0.5) is 10.1 Å². The van der Waals surface area contributed by atoms with Gasteiger partial charge in [-0.15, -0.1) is 0 Å². The number of rotatable bonds is 5. The number of carbonyl (C=O) groups is 1. The Bertz CT molecular complexity index is 970. The molecule has 28 heavy (non-hydrogen) atoms. The number of anilines is 1. The Morgan fingerprint density at radius 2 is 1.93 bits per heavy atom. The molecule has 1 aliphatic heterocycles. The molecule has 1 amide bonds. The molecular formula is C22H23FN4O. The molecule has 0 bridgehead atoms. The number of para-hydroxylation sites is 2. The number of aromatic nitrogens is 2. The topological polar surface area (TPSA) is 50.2 Å². The van der Waals surface area contributed by atoms with E-state index >= 15 is 0 Å². The molecule has 144 valence electrons. The molecule has 1 N–H and O–H groups in total. The number of hydrogen-bond acceptors (Lipinski definition) is 3. The van der Waals surface area contributed by atoms with Crippen LogP contribution in [-0.4, -0.2) is 35.3 Å². The number of nitrogens with zero attached hydrogens (tertiary/aromatic N) is 3. The zero-order valence-electron chi connectivity index (χ0n) is 15.8. The third-order valence-corrected chi connectivity index (χ3v) is 5.29.